The number of allylic oxidation sites excluding steroid dienone is 2. The van der Waals surface area contributed by atoms with Crippen LogP contribution in [0.5, 0.6) is 0 Å². The van der Waals surface area contributed by atoms with Gasteiger partial charge in [0.05, 0.1) is 0 Å². The van der Waals surface area contributed by atoms with Gasteiger partial charge in [0.1, 0.15) is 6.10 Å². The van der Waals surface area contributed by atoms with Gasteiger partial charge in [0.2, 0.25) is 0 Å². The van der Waals surface area contributed by atoms with Gasteiger partial charge in [-0.05, 0) is 109 Å². The minimum Gasteiger partial charge on any atom is -0.462 e. The number of esters is 1. The number of carbonyl (C=O) groups excluding carboxylic acids is 1. The molecule has 0 aliphatic heterocycles. The van der Waals surface area contributed by atoms with E-state index < -0.39 is 0 Å². The molecule has 0 aromatic rings. The Hall–Kier alpha value is -0.790. The highest BCUT2D eigenvalue weighted by atomic mass is 16.5. The summed E-state index contributed by atoms with van der Waals surface area (Å²) in [6.45, 7) is 22.0. The molecule has 192 valence electrons. The molecule has 5 aliphatic carbocycles. The molecule has 5 aliphatic rings. The summed E-state index contributed by atoms with van der Waals surface area (Å²) in [5, 5.41) is 0. The first kappa shape index (κ1) is 24.9. The summed E-state index contributed by atoms with van der Waals surface area (Å²) in [4.78, 5) is 11.9. The summed E-state index contributed by atoms with van der Waals surface area (Å²) >= 11 is 0. The minimum atomic E-state index is -0.110. The van der Waals surface area contributed by atoms with E-state index in [0.29, 0.717) is 33.0 Å². The maximum Gasteiger partial charge on any atom is 0.302 e. The second kappa shape index (κ2) is 7.38. The second-order valence-electron chi connectivity index (χ2n) is 15.8. The van der Waals surface area contributed by atoms with Gasteiger partial charge >= 0.3 is 5.97 Å². The van der Waals surface area contributed by atoms with Crippen LogP contribution in [0.4, 0.5) is 0 Å². The van der Waals surface area contributed by atoms with Crippen molar-refractivity contribution in [3.8, 4) is 0 Å². The van der Waals surface area contributed by atoms with Crippen molar-refractivity contribution in [1.29, 1.82) is 0 Å². The highest BCUT2D eigenvalue weighted by molar-refractivity contribution is 5.66. The van der Waals surface area contributed by atoms with Crippen LogP contribution in [-0.2, 0) is 9.53 Å². The van der Waals surface area contributed by atoms with Gasteiger partial charge in [-0.3, -0.25) is 4.79 Å². The molecule has 0 radical (unpaired) electrons. The van der Waals surface area contributed by atoms with Crippen molar-refractivity contribution in [2.75, 3.05) is 0 Å². The maximum absolute atomic E-state index is 11.9. The van der Waals surface area contributed by atoms with E-state index in [-0.39, 0.29) is 17.5 Å². The average Bonchev–Trinajstić information content (AvgIpc) is 2.72. The van der Waals surface area contributed by atoms with Gasteiger partial charge in [-0.1, -0.05) is 67.5 Å². The zero-order chi connectivity index (χ0) is 24.9. The molecule has 0 aromatic heterocycles. The molecular formula is C32H52O2. The van der Waals surface area contributed by atoms with Crippen molar-refractivity contribution in [1.82, 2.24) is 0 Å². The number of rotatable bonds is 1. The molecule has 0 amide bonds. The highest BCUT2D eigenvalue weighted by Gasteiger charge is 2.69. The standard InChI is InChI=1S/C32H52O2/c1-21(33)34-26-13-14-30(7)24(28(26,4)5)12-15-32(9)25(30)11-10-22-23-20-27(2,3)16-17-29(23,6)18-19-31(22,32)8/h18-19,22-26H,10-17,20H2,1-9H3/t22-,23?,24?,25-,26-,29-,30+,31-,32-/m1/s1. The lowest BCUT2D eigenvalue weighted by atomic mass is 9.32. The van der Waals surface area contributed by atoms with Crippen molar-refractivity contribution in [3.63, 3.8) is 0 Å². The fraction of sp³-hybridized carbons (Fsp3) is 0.906. The van der Waals surface area contributed by atoms with Gasteiger partial charge in [-0.2, -0.15) is 0 Å². The van der Waals surface area contributed by atoms with Crippen molar-refractivity contribution in [2.45, 2.75) is 126 Å². The smallest absolute Gasteiger partial charge is 0.302 e. The third-order valence-electron chi connectivity index (χ3n) is 13.3. The Balaban J connectivity index is 1.51. The first-order valence-corrected chi connectivity index (χ1v) is 14.5. The molecule has 4 saturated carbocycles. The van der Waals surface area contributed by atoms with Crippen LogP contribution in [0.1, 0.15) is 120 Å². The Bertz CT molecular complexity index is 883. The largest absolute Gasteiger partial charge is 0.462 e. The SMILES string of the molecule is CC(=O)O[C@@H]1CC[C@@]2(C)C(CC[C@]3(C)[C@@H]2CC[C@@H]2C4CC(C)(C)CC[C@]4(C)C=C[C@]23C)C1(C)C. The number of fused-ring (bicyclic) bond motifs is 7. The predicted molar refractivity (Wildman–Crippen MR) is 140 cm³/mol. The van der Waals surface area contributed by atoms with Crippen LogP contribution in [0.3, 0.4) is 0 Å². The summed E-state index contributed by atoms with van der Waals surface area (Å²) in [5.41, 5.74) is 1.90. The zero-order valence-corrected chi connectivity index (χ0v) is 23.7. The van der Waals surface area contributed by atoms with Crippen LogP contribution in [0, 0.1) is 56.2 Å². The normalized spacial score (nSPS) is 53.0. The molecule has 5 rings (SSSR count). The van der Waals surface area contributed by atoms with E-state index >= 15 is 0 Å². The molecule has 34 heavy (non-hydrogen) atoms. The van der Waals surface area contributed by atoms with E-state index in [1.165, 1.54) is 51.4 Å². The summed E-state index contributed by atoms with van der Waals surface area (Å²) < 4.78 is 5.91. The number of ether oxygens (including phenoxy) is 1. The number of carbonyl (C=O) groups is 1. The van der Waals surface area contributed by atoms with Gasteiger partial charge in [-0.15, -0.1) is 0 Å². The van der Waals surface area contributed by atoms with Crippen LogP contribution >= 0.6 is 0 Å². The molecule has 4 fully saturated rings. The Morgan fingerprint density at radius 2 is 1.47 bits per heavy atom. The Morgan fingerprint density at radius 3 is 2.15 bits per heavy atom. The first-order valence-electron chi connectivity index (χ1n) is 14.5. The van der Waals surface area contributed by atoms with E-state index in [9.17, 15) is 4.79 Å². The van der Waals surface area contributed by atoms with Crippen LogP contribution < -0.4 is 0 Å². The van der Waals surface area contributed by atoms with Crippen LogP contribution in [-0.4, -0.2) is 12.1 Å². The molecular weight excluding hydrogens is 416 g/mol. The fourth-order valence-corrected chi connectivity index (χ4v) is 11.1. The molecule has 2 heteroatoms. The fourth-order valence-electron chi connectivity index (χ4n) is 11.1. The van der Waals surface area contributed by atoms with E-state index in [1.807, 2.05) is 0 Å². The number of hydrogen-bond donors (Lipinski definition) is 0. The van der Waals surface area contributed by atoms with Gasteiger partial charge in [-0.25, -0.2) is 0 Å². The highest BCUT2D eigenvalue weighted by Crippen LogP contribution is 2.75. The topological polar surface area (TPSA) is 26.3 Å². The molecule has 0 spiro atoms. The summed E-state index contributed by atoms with van der Waals surface area (Å²) in [5.74, 6) is 2.91. The van der Waals surface area contributed by atoms with Crippen molar-refractivity contribution >= 4 is 5.97 Å². The molecule has 0 aromatic carbocycles. The van der Waals surface area contributed by atoms with Crippen LogP contribution in [0.15, 0.2) is 12.2 Å². The quantitative estimate of drug-likeness (QED) is 0.284. The van der Waals surface area contributed by atoms with Gasteiger partial charge in [0.15, 0.2) is 0 Å². The Kier molecular flexibility index (Phi) is 5.40. The first-order chi connectivity index (χ1) is 15.6. The van der Waals surface area contributed by atoms with Gasteiger partial charge in [0.25, 0.3) is 0 Å². The van der Waals surface area contributed by atoms with Crippen molar-refractivity contribution < 1.29 is 9.53 Å². The third kappa shape index (κ3) is 3.21. The maximum atomic E-state index is 11.9. The summed E-state index contributed by atoms with van der Waals surface area (Å²) in [7, 11) is 0. The van der Waals surface area contributed by atoms with E-state index in [0.717, 1.165) is 24.2 Å². The molecule has 0 saturated heterocycles. The van der Waals surface area contributed by atoms with Crippen LogP contribution in [0.25, 0.3) is 0 Å². The molecule has 2 nitrogen and oxygen atoms in total. The molecule has 0 bridgehead atoms. The lowest BCUT2D eigenvalue weighted by Crippen LogP contribution is -2.66. The molecule has 0 N–H and O–H groups in total. The predicted octanol–water partition coefficient (Wildman–Crippen LogP) is 8.60. The Labute approximate surface area is 210 Å². The second-order valence-corrected chi connectivity index (χ2v) is 15.8. The van der Waals surface area contributed by atoms with Crippen molar-refractivity contribution in [2.24, 2.45) is 56.2 Å². The molecule has 2 unspecified atom stereocenters. The molecule has 9 atom stereocenters. The summed E-state index contributed by atoms with van der Waals surface area (Å²) in [6, 6.07) is 0. The monoisotopic (exact) mass is 468 g/mol. The minimum absolute atomic E-state index is 0.0477. The number of hydrogen-bond acceptors (Lipinski definition) is 2. The summed E-state index contributed by atoms with van der Waals surface area (Å²) in [6.07, 6.45) is 17.2. The lowest BCUT2D eigenvalue weighted by molar-refractivity contribution is -0.231. The zero-order valence-electron chi connectivity index (χ0n) is 23.7. The Morgan fingerprint density at radius 1 is 0.765 bits per heavy atom. The van der Waals surface area contributed by atoms with Crippen molar-refractivity contribution in [3.05, 3.63) is 12.2 Å². The van der Waals surface area contributed by atoms with Gasteiger partial charge < -0.3 is 4.74 Å². The van der Waals surface area contributed by atoms with Gasteiger partial charge in [0, 0.05) is 12.3 Å². The van der Waals surface area contributed by atoms with E-state index in [2.05, 4.69) is 67.5 Å². The lowest BCUT2D eigenvalue weighted by Gasteiger charge is -2.72. The van der Waals surface area contributed by atoms with Crippen LogP contribution in [0.2, 0.25) is 0 Å². The van der Waals surface area contributed by atoms with E-state index in [4.69, 9.17) is 4.74 Å². The third-order valence-corrected chi connectivity index (χ3v) is 13.3. The average molecular weight is 469 g/mol. The molecule has 0 heterocycles. The van der Waals surface area contributed by atoms with E-state index in [1.54, 1.807) is 6.92 Å².